The third-order valence-corrected chi connectivity index (χ3v) is 3.13. The van der Waals surface area contributed by atoms with Gasteiger partial charge in [0, 0.05) is 37.8 Å². The highest BCUT2D eigenvalue weighted by Crippen LogP contribution is 2.26. The van der Waals surface area contributed by atoms with Crippen LogP contribution >= 0.6 is 24.8 Å². The first-order valence-electron chi connectivity index (χ1n) is 5.85. The van der Waals surface area contributed by atoms with Gasteiger partial charge in [0.25, 0.3) is 0 Å². The largest absolute Gasteiger partial charge is 0.314 e. The quantitative estimate of drug-likeness (QED) is 0.677. The average Bonchev–Trinajstić information content (AvgIpc) is 2.38. The predicted molar refractivity (Wildman–Crippen MR) is 78.2 cm³/mol. The van der Waals surface area contributed by atoms with E-state index in [4.69, 9.17) is 0 Å². The van der Waals surface area contributed by atoms with E-state index in [1.165, 1.54) is 0 Å². The van der Waals surface area contributed by atoms with Crippen LogP contribution in [0.25, 0.3) is 0 Å². The molecule has 0 radical (unpaired) electrons. The first kappa shape index (κ1) is 19.2. The first-order valence-corrected chi connectivity index (χ1v) is 5.85. The zero-order valence-corrected chi connectivity index (χ0v) is 12.4. The third-order valence-electron chi connectivity index (χ3n) is 3.13. The topological polar surface area (TPSA) is 15.3 Å². The highest BCUT2D eigenvalue weighted by atomic mass is 35.5. The molecule has 1 aromatic carbocycles. The van der Waals surface area contributed by atoms with E-state index in [9.17, 15) is 13.2 Å². The highest BCUT2D eigenvalue weighted by molar-refractivity contribution is 5.85. The van der Waals surface area contributed by atoms with Crippen LogP contribution in [0.5, 0.6) is 0 Å². The van der Waals surface area contributed by atoms with E-state index < -0.39 is 23.5 Å². The lowest BCUT2D eigenvalue weighted by atomic mass is 10.0. The normalized spacial score (nSPS) is 16.8. The Morgan fingerprint density at radius 1 is 1.05 bits per heavy atom. The molecule has 1 N–H and O–H groups in total. The third kappa shape index (κ3) is 4.12. The van der Waals surface area contributed by atoms with Gasteiger partial charge in [-0.2, -0.15) is 0 Å². The second kappa shape index (κ2) is 8.52. The van der Waals surface area contributed by atoms with Crippen LogP contribution in [0.15, 0.2) is 24.8 Å². The number of nitrogens with one attached hydrogen (secondary N) is 1. The molecule has 7 heteroatoms. The van der Waals surface area contributed by atoms with Gasteiger partial charge in [0.05, 0.1) is 6.04 Å². The van der Waals surface area contributed by atoms with Gasteiger partial charge < -0.3 is 5.32 Å². The Kier molecular flexibility index (Phi) is 8.20. The van der Waals surface area contributed by atoms with Crippen molar-refractivity contribution in [1.29, 1.82) is 0 Å². The summed E-state index contributed by atoms with van der Waals surface area (Å²) in [7, 11) is 0. The van der Waals surface area contributed by atoms with E-state index >= 15 is 0 Å². The smallest absolute Gasteiger partial charge is 0.161 e. The molecule has 114 valence electrons. The summed E-state index contributed by atoms with van der Waals surface area (Å²) in [6.45, 7) is 6.67. The van der Waals surface area contributed by atoms with Gasteiger partial charge in [-0.05, 0) is 6.07 Å². The van der Waals surface area contributed by atoms with Gasteiger partial charge in [-0.3, -0.25) is 4.90 Å². The molecular formula is C13H17Cl2F3N2. The molecule has 1 saturated heterocycles. The van der Waals surface area contributed by atoms with Crippen molar-refractivity contribution in [2.75, 3.05) is 26.2 Å². The summed E-state index contributed by atoms with van der Waals surface area (Å²) in [4.78, 5) is 1.99. The van der Waals surface area contributed by atoms with E-state index in [1.54, 1.807) is 6.08 Å². The molecule has 1 heterocycles. The lowest BCUT2D eigenvalue weighted by molar-refractivity contribution is 0.200. The summed E-state index contributed by atoms with van der Waals surface area (Å²) in [6.07, 6.45) is 1.56. The van der Waals surface area contributed by atoms with E-state index in [-0.39, 0.29) is 30.4 Å². The second-order valence-corrected chi connectivity index (χ2v) is 4.25. The second-order valence-electron chi connectivity index (χ2n) is 4.25. The zero-order chi connectivity index (χ0) is 13.1. The van der Waals surface area contributed by atoms with Crippen LogP contribution in [0, 0.1) is 17.5 Å². The van der Waals surface area contributed by atoms with Crippen LogP contribution < -0.4 is 5.32 Å². The molecule has 1 aliphatic heterocycles. The molecule has 0 unspecified atom stereocenters. The fourth-order valence-corrected chi connectivity index (χ4v) is 2.20. The standard InChI is InChI=1S/C13H15F3N2.2ClH/c1-2-13(18-5-3-17-4-6-18)9-7-11(15)12(16)8-10(9)14;;/h2,7-8,13,17H,1,3-6H2;2*1H/t13-;;/m0../s1. The SMILES string of the molecule is C=C[C@@H](c1cc(F)c(F)cc1F)N1CCNCC1.Cl.Cl. The molecule has 20 heavy (non-hydrogen) atoms. The maximum Gasteiger partial charge on any atom is 0.161 e. The van der Waals surface area contributed by atoms with Gasteiger partial charge in [0.1, 0.15) is 5.82 Å². The molecular weight excluding hydrogens is 312 g/mol. The van der Waals surface area contributed by atoms with Crippen LogP contribution in [0.4, 0.5) is 13.2 Å². The highest BCUT2D eigenvalue weighted by Gasteiger charge is 2.23. The molecule has 0 amide bonds. The fraction of sp³-hybridized carbons (Fsp3) is 0.385. The van der Waals surface area contributed by atoms with Crippen LogP contribution in [-0.2, 0) is 0 Å². The number of nitrogens with zero attached hydrogens (tertiary/aromatic N) is 1. The summed E-state index contributed by atoms with van der Waals surface area (Å²) in [6, 6.07) is 1.07. The Hall–Kier alpha value is -0.750. The fourth-order valence-electron chi connectivity index (χ4n) is 2.20. The molecule has 1 fully saturated rings. The minimum Gasteiger partial charge on any atom is -0.314 e. The monoisotopic (exact) mass is 328 g/mol. The summed E-state index contributed by atoms with van der Waals surface area (Å²) < 4.78 is 39.8. The maximum absolute atomic E-state index is 13.7. The number of halogens is 5. The van der Waals surface area contributed by atoms with Crippen molar-refractivity contribution in [3.8, 4) is 0 Å². The van der Waals surface area contributed by atoms with Crippen LogP contribution in [-0.4, -0.2) is 31.1 Å². The number of rotatable bonds is 3. The van der Waals surface area contributed by atoms with E-state index in [0.717, 1.165) is 32.2 Å². The summed E-state index contributed by atoms with van der Waals surface area (Å²) in [5.41, 5.74) is 0.130. The molecule has 0 bridgehead atoms. The Morgan fingerprint density at radius 3 is 2.15 bits per heavy atom. The average molecular weight is 329 g/mol. The minimum atomic E-state index is -1.17. The summed E-state index contributed by atoms with van der Waals surface area (Å²) in [5, 5.41) is 3.18. The summed E-state index contributed by atoms with van der Waals surface area (Å²) in [5.74, 6) is -2.94. The van der Waals surface area contributed by atoms with Gasteiger partial charge in [0.15, 0.2) is 11.6 Å². The van der Waals surface area contributed by atoms with Gasteiger partial charge in [-0.15, -0.1) is 31.4 Å². The van der Waals surface area contributed by atoms with Gasteiger partial charge in [-0.25, -0.2) is 13.2 Å². The first-order chi connectivity index (χ1) is 8.63. The lowest BCUT2D eigenvalue weighted by Gasteiger charge is -2.33. The number of hydrogen-bond acceptors (Lipinski definition) is 2. The zero-order valence-electron chi connectivity index (χ0n) is 10.7. The van der Waals surface area contributed by atoms with Crippen LogP contribution in [0.2, 0.25) is 0 Å². The van der Waals surface area contributed by atoms with E-state index in [2.05, 4.69) is 11.9 Å². The minimum absolute atomic E-state index is 0. The van der Waals surface area contributed by atoms with Crippen molar-refractivity contribution in [2.45, 2.75) is 6.04 Å². The Morgan fingerprint density at radius 2 is 1.60 bits per heavy atom. The molecule has 0 aliphatic carbocycles. The number of piperazine rings is 1. The molecule has 0 aromatic heterocycles. The van der Waals surface area contributed by atoms with Crippen molar-refractivity contribution in [1.82, 2.24) is 10.2 Å². The number of hydrogen-bond donors (Lipinski definition) is 1. The maximum atomic E-state index is 13.7. The van der Waals surface area contributed by atoms with E-state index in [0.29, 0.717) is 6.07 Å². The predicted octanol–water partition coefficient (Wildman–Crippen LogP) is 3.08. The number of benzene rings is 1. The molecule has 1 atom stereocenters. The molecule has 1 aromatic rings. The van der Waals surface area contributed by atoms with Gasteiger partial charge in [-0.1, -0.05) is 6.08 Å². The summed E-state index contributed by atoms with van der Waals surface area (Å²) >= 11 is 0. The van der Waals surface area contributed by atoms with Crippen LogP contribution in [0.1, 0.15) is 11.6 Å². The molecule has 2 rings (SSSR count). The van der Waals surface area contributed by atoms with Crippen LogP contribution in [0.3, 0.4) is 0 Å². The molecule has 1 aliphatic rings. The molecule has 2 nitrogen and oxygen atoms in total. The molecule has 0 spiro atoms. The van der Waals surface area contributed by atoms with Crippen molar-refractivity contribution in [3.63, 3.8) is 0 Å². The van der Waals surface area contributed by atoms with Gasteiger partial charge >= 0.3 is 0 Å². The lowest BCUT2D eigenvalue weighted by Crippen LogP contribution is -2.44. The van der Waals surface area contributed by atoms with Crippen molar-refractivity contribution >= 4 is 24.8 Å². The molecule has 0 saturated carbocycles. The van der Waals surface area contributed by atoms with Crippen molar-refractivity contribution < 1.29 is 13.2 Å². The van der Waals surface area contributed by atoms with Crippen molar-refractivity contribution in [3.05, 3.63) is 47.8 Å². The van der Waals surface area contributed by atoms with E-state index in [1.807, 2.05) is 4.90 Å². The Balaban J connectivity index is 0.00000180. The van der Waals surface area contributed by atoms with Gasteiger partial charge in [0.2, 0.25) is 0 Å². The van der Waals surface area contributed by atoms with Crippen molar-refractivity contribution in [2.24, 2.45) is 0 Å². The Bertz CT molecular complexity index is 451. The Labute approximate surface area is 128 Å².